The lowest BCUT2D eigenvalue weighted by molar-refractivity contribution is -0.113. The third-order valence-electron chi connectivity index (χ3n) is 4.48. The van der Waals surface area contributed by atoms with Crippen molar-refractivity contribution >= 4 is 51.8 Å². The van der Waals surface area contributed by atoms with E-state index in [-0.39, 0.29) is 29.9 Å². The number of benzene rings is 2. The number of halogens is 1. The number of thioether (sulfide) groups is 2. The molecule has 0 unspecified atom stereocenters. The number of nitrogens with zero attached hydrogens (tertiary/aromatic N) is 5. The minimum Gasteiger partial charge on any atom is -0.345 e. The van der Waals surface area contributed by atoms with Gasteiger partial charge in [0.1, 0.15) is 5.82 Å². The monoisotopic (exact) mass is 529 g/mol. The molecule has 0 bridgehead atoms. The molecule has 180 valence electrons. The average molecular weight is 530 g/mol. The van der Waals surface area contributed by atoms with Crippen LogP contribution < -0.4 is 10.6 Å². The van der Waals surface area contributed by atoms with Crippen LogP contribution in [0.1, 0.15) is 23.1 Å². The van der Waals surface area contributed by atoms with Crippen molar-refractivity contribution in [1.29, 1.82) is 0 Å². The SMILES string of the molecule is CCSc1nnc(NC(=O)CSc2nnc(CNC(=O)c3ccccc3)n2-c2ccc(F)cc2)s1. The van der Waals surface area contributed by atoms with Gasteiger partial charge in [0.2, 0.25) is 11.0 Å². The minimum absolute atomic E-state index is 0.0472. The van der Waals surface area contributed by atoms with Gasteiger partial charge in [0.15, 0.2) is 15.3 Å². The normalized spacial score (nSPS) is 10.8. The van der Waals surface area contributed by atoms with E-state index in [1.165, 1.54) is 23.5 Å². The predicted molar refractivity (Wildman–Crippen MR) is 135 cm³/mol. The highest BCUT2D eigenvalue weighted by molar-refractivity contribution is 8.01. The van der Waals surface area contributed by atoms with Crippen molar-refractivity contribution in [3.63, 3.8) is 0 Å². The molecule has 0 spiro atoms. The van der Waals surface area contributed by atoms with E-state index in [1.54, 1.807) is 52.7 Å². The van der Waals surface area contributed by atoms with Crippen LogP contribution in [0.25, 0.3) is 5.69 Å². The van der Waals surface area contributed by atoms with Crippen molar-refractivity contribution in [3.05, 3.63) is 71.8 Å². The summed E-state index contributed by atoms with van der Waals surface area (Å²) in [6.45, 7) is 2.10. The van der Waals surface area contributed by atoms with Gasteiger partial charge in [0, 0.05) is 11.3 Å². The summed E-state index contributed by atoms with van der Waals surface area (Å²) in [6, 6.07) is 14.6. The van der Waals surface area contributed by atoms with Crippen molar-refractivity contribution in [2.45, 2.75) is 23.0 Å². The summed E-state index contributed by atoms with van der Waals surface area (Å²) >= 11 is 4.03. The zero-order chi connectivity index (χ0) is 24.6. The summed E-state index contributed by atoms with van der Waals surface area (Å²) in [6.07, 6.45) is 0. The van der Waals surface area contributed by atoms with Gasteiger partial charge in [0.25, 0.3) is 5.91 Å². The number of nitrogens with one attached hydrogen (secondary N) is 2. The number of hydrogen-bond acceptors (Lipinski definition) is 9. The lowest BCUT2D eigenvalue weighted by Crippen LogP contribution is -2.24. The smallest absolute Gasteiger partial charge is 0.251 e. The summed E-state index contributed by atoms with van der Waals surface area (Å²) in [7, 11) is 0. The Morgan fingerprint density at radius 3 is 2.51 bits per heavy atom. The van der Waals surface area contributed by atoms with Crippen LogP contribution in [0.5, 0.6) is 0 Å². The molecule has 0 saturated heterocycles. The number of anilines is 1. The second-order valence-corrected chi connectivity index (χ2v) is 10.3. The highest BCUT2D eigenvalue weighted by Crippen LogP contribution is 2.26. The highest BCUT2D eigenvalue weighted by Gasteiger charge is 2.18. The first-order valence-corrected chi connectivity index (χ1v) is 13.2. The van der Waals surface area contributed by atoms with Crippen LogP contribution in [0.3, 0.4) is 0 Å². The fraction of sp³-hybridized carbons (Fsp3) is 0.182. The standard InChI is InChI=1S/C22H20FN7O2S3/c1-2-33-22-29-27-20(35-22)25-18(31)13-34-21-28-26-17(30(21)16-10-8-15(23)9-11-16)12-24-19(32)14-6-4-3-5-7-14/h3-11H,2,12-13H2,1H3,(H,24,32)(H,25,27,31). The van der Waals surface area contributed by atoms with Crippen LogP contribution in [-0.4, -0.2) is 48.3 Å². The first-order valence-electron chi connectivity index (χ1n) is 10.5. The van der Waals surface area contributed by atoms with E-state index in [4.69, 9.17) is 0 Å². The summed E-state index contributed by atoms with van der Waals surface area (Å²) in [5, 5.41) is 22.8. The second kappa shape index (κ2) is 11.9. The molecule has 2 heterocycles. The molecule has 0 aliphatic heterocycles. The molecule has 0 fully saturated rings. The Balaban J connectivity index is 1.47. The van der Waals surface area contributed by atoms with Gasteiger partial charge < -0.3 is 5.32 Å². The molecule has 0 radical (unpaired) electrons. The van der Waals surface area contributed by atoms with Gasteiger partial charge in [-0.25, -0.2) is 4.39 Å². The number of carbonyl (C=O) groups is 2. The molecule has 0 aliphatic rings. The van der Waals surface area contributed by atoms with Crippen molar-refractivity contribution in [3.8, 4) is 5.69 Å². The molecule has 2 amide bonds. The molecule has 4 aromatic rings. The molecular formula is C22H20FN7O2S3. The van der Waals surface area contributed by atoms with E-state index >= 15 is 0 Å². The maximum absolute atomic E-state index is 13.5. The maximum Gasteiger partial charge on any atom is 0.251 e. The largest absolute Gasteiger partial charge is 0.345 e. The first kappa shape index (κ1) is 24.8. The molecule has 2 N–H and O–H groups in total. The molecule has 35 heavy (non-hydrogen) atoms. The molecule has 9 nitrogen and oxygen atoms in total. The Hall–Kier alpha value is -3.29. The molecule has 0 saturated carbocycles. The molecule has 2 aromatic heterocycles. The highest BCUT2D eigenvalue weighted by atomic mass is 32.2. The van der Waals surface area contributed by atoms with Gasteiger partial charge in [-0.3, -0.25) is 19.5 Å². The van der Waals surface area contributed by atoms with Crippen molar-refractivity contribution in [2.75, 3.05) is 16.8 Å². The Morgan fingerprint density at radius 1 is 1.00 bits per heavy atom. The van der Waals surface area contributed by atoms with E-state index in [2.05, 4.69) is 31.0 Å². The zero-order valence-electron chi connectivity index (χ0n) is 18.5. The summed E-state index contributed by atoms with van der Waals surface area (Å²) in [5.74, 6) is 0.440. The van der Waals surface area contributed by atoms with Crippen molar-refractivity contribution in [2.24, 2.45) is 0 Å². The maximum atomic E-state index is 13.5. The summed E-state index contributed by atoms with van der Waals surface area (Å²) in [4.78, 5) is 24.9. The Kier molecular flexibility index (Phi) is 8.45. The zero-order valence-corrected chi connectivity index (χ0v) is 20.9. The summed E-state index contributed by atoms with van der Waals surface area (Å²) < 4.78 is 16.0. The van der Waals surface area contributed by atoms with E-state index in [9.17, 15) is 14.0 Å². The Labute approximate surface area is 213 Å². The number of aromatic nitrogens is 5. The van der Waals surface area contributed by atoms with Gasteiger partial charge in [0.05, 0.1) is 12.3 Å². The van der Waals surface area contributed by atoms with Gasteiger partial charge in [-0.15, -0.1) is 20.4 Å². The van der Waals surface area contributed by atoms with Gasteiger partial charge in [-0.05, 0) is 42.2 Å². The van der Waals surface area contributed by atoms with Crippen LogP contribution in [0.4, 0.5) is 9.52 Å². The van der Waals surface area contributed by atoms with E-state index in [0.29, 0.717) is 27.4 Å². The molecule has 0 aliphatic carbocycles. The van der Waals surface area contributed by atoms with Crippen LogP contribution >= 0.6 is 34.9 Å². The number of hydrogen-bond donors (Lipinski definition) is 2. The number of carbonyl (C=O) groups excluding carboxylic acids is 2. The quantitative estimate of drug-likeness (QED) is 0.234. The van der Waals surface area contributed by atoms with Crippen LogP contribution in [0.15, 0.2) is 64.1 Å². The fourth-order valence-electron chi connectivity index (χ4n) is 2.94. The number of amides is 2. The molecule has 4 rings (SSSR count). The number of rotatable bonds is 10. The van der Waals surface area contributed by atoms with Crippen LogP contribution in [-0.2, 0) is 11.3 Å². The topological polar surface area (TPSA) is 115 Å². The second-order valence-electron chi connectivity index (χ2n) is 6.90. The minimum atomic E-state index is -0.382. The Morgan fingerprint density at radius 2 is 1.77 bits per heavy atom. The van der Waals surface area contributed by atoms with E-state index < -0.39 is 0 Å². The average Bonchev–Trinajstić information content (AvgIpc) is 3.49. The third-order valence-corrected chi connectivity index (χ3v) is 7.26. The first-order chi connectivity index (χ1) is 17.0. The molecule has 2 aromatic carbocycles. The van der Waals surface area contributed by atoms with E-state index in [0.717, 1.165) is 21.9 Å². The molecule has 0 atom stereocenters. The molecule has 13 heteroatoms. The third kappa shape index (κ3) is 6.65. The van der Waals surface area contributed by atoms with Gasteiger partial charge in [-0.1, -0.05) is 60.0 Å². The van der Waals surface area contributed by atoms with Crippen LogP contribution in [0, 0.1) is 5.82 Å². The van der Waals surface area contributed by atoms with Gasteiger partial charge >= 0.3 is 0 Å². The Bertz CT molecular complexity index is 1300. The van der Waals surface area contributed by atoms with E-state index in [1.807, 2.05) is 13.0 Å². The molecular weight excluding hydrogens is 509 g/mol. The van der Waals surface area contributed by atoms with Crippen LogP contribution in [0.2, 0.25) is 0 Å². The van der Waals surface area contributed by atoms with Gasteiger partial charge in [-0.2, -0.15) is 0 Å². The van der Waals surface area contributed by atoms with Crippen molar-refractivity contribution < 1.29 is 14.0 Å². The predicted octanol–water partition coefficient (Wildman–Crippen LogP) is 4.03. The fourth-order valence-corrected chi connectivity index (χ4v) is 5.37. The lowest BCUT2D eigenvalue weighted by Gasteiger charge is -2.11. The van der Waals surface area contributed by atoms with Crippen molar-refractivity contribution in [1.82, 2.24) is 30.3 Å². The lowest BCUT2D eigenvalue weighted by atomic mass is 10.2. The summed E-state index contributed by atoms with van der Waals surface area (Å²) in [5.41, 5.74) is 1.12.